The number of amides is 1. The molecule has 0 spiro atoms. The summed E-state index contributed by atoms with van der Waals surface area (Å²) >= 11 is 0. The minimum absolute atomic E-state index is 0.00313. The smallest absolute Gasteiger partial charge is 0.257 e. The summed E-state index contributed by atoms with van der Waals surface area (Å²) in [5.41, 5.74) is 5.01. The lowest BCUT2D eigenvalue weighted by atomic mass is 10.0. The number of anilines is 1. The van der Waals surface area contributed by atoms with Crippen molar-refractivity contribution in [3.63, 3.8) is 0 Å². The number of nitrogens with zero attached hydrogens (tertiary/aromatic N) is 4. The van der Waals surface area contributed by atoms with Gasteiger partial charge in [0, 0.05) is 31.7 Å². The van der Waals surface area contributed by atoms with E-state index in [1.54, 1.807) is 7.11 Å². The number of rotatable bonds is 4. The van der Waals surface area contributed by atoms with Crippen molar-refractivity contribution in [2.24, 2.45) is 0 Å². The van der Waals surface area contributed by atoms with Crippen LogP contribution < -0.4 is 9.64 Å². The molecule has 0 bridgehead atoms. The van der Waals surface area contributed by atoms with E-state index in [0.29, 0.717) is 24.4 Å². The third kappa shape index (κ3) is 3.99. The molecule has 0 atom stereocenters. The van der Waals surface area contributed by atoms with E-state index >= 15 is 0 Å². The summed E-state index contributed by atoms with van der Waals surface area (Å²) in [6, 6.07) is 17.7. The van der Waals surface area contributed by atoms with Crippen LogP contribution in [0.25, 0.3) is 11.3 Å². The van der Waals surface area contributed by atoms with Crippen LogP contribution in [-0.2, 0) is 0 Å². The molecule has 6 heteroatoms. The van der Waals surface area contributed by atoms with Crippen molar-refractivity contribution in [2.45, 2.75) is 13.8 Å². The van der Waals surface area contributed by atoms with Gasteiger partial charge in [0.2, 0.25) is 0 Å². The zero-order valence-electron chi connectivity index (χ0n) is 17.6. The molecule has 1 saturated heterocycles. The standard InChI is InChI=1S/C24H26N4O2/c1-17-8-9-19(18(2)16-17)21-10-11-23(26-25-21)27-12-14-28(15-13-27)24(29)20-6-4-5-7-22(20)30-3/h4-11,16H,12-15H2,1-3H3. The molecule has 30 heavy (non-hydrogen) atoms. The Morgan fingerprint density at radius 2 is 1.70 bits per heavy atom. The summed E-state index contributed by atoms with van der Waals surface area (Å²) < 4.78 is 5.33. The Morgan fingerprint density at radius 1 is 0.933 bits per heavy atom. The highest BCUT2D eigenvalue weighted by Gasteiger charge is 2.24. The predicted molar refractivity (Wildman–Crippen MR) is 118 cm³/mol. The zero-order chi connectivity index (χ0) is 21.1. The second-order valence-corrected chi connectivity index (χ2v) is 7.57. The summed E-state index contributed by atoms with van der Waals surface area (Å²) in [4.78, 5) is 16.9. The van der Waals surface area contributed by atoms with Crippen molar-refractivity contribution >= 4 is 11.7 Å². The number of benzene rings is 2. The van der Waals surface area contributed by atoms with Gasteiger partial charge in [0.05, 0.1) is 18.4 Å². The number of piperazine rings is 1. The number of aryl methyl sites for hydroxylation is 2. The summed E-state index contributed by atoms with van der Waals surface area (Å²) in [5, 5.41) is 8.90. The molecule has 6 nitrogen and oxygen atoms in total. The van der Waals surface area contributed by atoms with E-state index in [1.165, 1.54) is 11.1 Å². The highest BCUT2D eigenvalue weighted by atomic mass is 16.5. The largest absolute Gasteiger partial charge is 0.496 e. The first-order chi connectivity index (χ1) is 14.6. The van der Waals surface area contributed by atoms with E-state index in [1.807, 2.05) is 41.3 Å². The van der Waals surface area contributed by atoms with Crippen LogP contribution in [0.15, 0.2) is 54.6 Å². The average molecular weight is 402 g/mol. The molecule has 0 aliphatic carbocycles. The van der Waals surface area contributed by atoms with Crippen molar-refractivity contribution in [1.82, 2.24) is 15.1 Å². The first-order valence-corrected chi connectivity index (χ1v) is 10.2. The summed E-state index contributed by atoms with van der Waals surface area (Å²) in [6.45, 7) is 6.89. The Hall–Kier alpha value is -3.41. The number of carbonyl (C=O) groups is 1. The Balaban J connectivity index is 1.42. The minimum Gasteiger partial charge on any atom is -0.496 e. The van der Waals surface area contributed by atoms with Crippen molar-refractivity contribution in [1.29, 1.82) is 0 Å². The molecule has 1 aliphatic heterocycles. The van der Waals surface area contributed by atoms with Crippen molar-refractivity contribution in [3.8, 4) is 17.0 Å². The van der Waals surface area contributed by atoms with Crippen molar-refractivity contribution in [2.75, 3.05) is 38.2 Å². The van der Waals surface area contributed by atoms with Gasteiger partial charge in [-0.3, -0.25) is 4.79 Å². The lowest BCUT2D eigenvalue weighted by Crippen LogP contribution is -2.49. The second-order valence-electron chi connectivity index (χ2n) is 7.57. The second kappa shape index (κ2) is 8.53. The zero-order valence-corrected chi connectivity index (χ0v) is 17.6. The lowest BCUT2D eigenvalue weighted by Gasteiger charge is -2.35. The van der Waals surface area contributed by atoms with Crippen LogP contribution in [0.1, 0.15) is 21.5 Å². The van der Waals surface area contributed by atoms with E-state index in [9.17, 15) is 4.79 Å². The topological polar surface area (TPSA) is 58.6 Å². The van der Waals surface area contributed by atoms with Crippen LogP contribution in [0.3, 0.4) is 0 Å². The Labute approximate surface area is 177 Å². The fraction of sp³-hybridized carbons (Fsp3) is 0.292. The van der Waals surface area contributed by atoms with Gasteiger partial charge in [-0.25, -0.2) is 0 Å². The van der Waals surface area contributed by atoms with Gasteiger partial charge in [-0.05, 0) is 43.7 Å². The molecule has 1 aromatic heterocycles. The Kier molecular flexibility index (Phi) is 5.65. The molecule has 3 aromatic rings. The molecule has 1 amide bonds. The number of hydrogen-bond donors (Lipinski definition) is 0. The first kappa shape index (κ1) is 19.9. The van der Waals surface area contributed by atoms with Crippen LogP contribution in [-0.4, -0.2) is 54.3 Å². The van der Waals surface area contributed by atoms with Crippen LogP contribution in [0.5, 0.6) is 5.75 Å². The van der Waals surface area contributed by atoms with E-state index in [4.69, 9.17) is 4.74 Å². The molecule has 154 valence electrons. The lowest BCUT2D eigenvalue weighted by molar-refractivity contribution is 0.0743. The van der Waals surface area contributed by atoms with E-state index in [2.05, 4.69) is 47.1 Å². The van der Waals surface area contributed by atoms with Crippen molar-refractivity contribution in [3.05, 3.63) is 71.3 Å². The van der Waals surface area contributed by atoms with Crippen LogP contribution in [0.4, 0.5) is 5.82 Å². The number of carbonyl (C=O) groups excluding carboxylic acids is 1. The summed E-state index contributed by atoms with van der Waals surface area (Å²) in [6.07, 6.45) is 0. The van der Waals surface area contributed by atoms with Gasteiger partial charge in [-0.2, -0.15) is 0 Å². The van der Waals surface area contributed by atoms with Gasteiger partial charge in [0.15, 0.2) is 5.82 Å². The maximum absolute atomic E-state index is 12.9. The summed E-state index contributed by atoms with van der Waals surface area (Å²) in [5.74, 6) is 1.45. The number of para-hydroxylation sites is 1. The third-order valence-electron chi connectivity index (χ3n) is 5.54. The Bertz CT molecular complexity index is 1040. The number of hydrogen-bond acceptors (Lipinski definition) is 5. The fourth-order valence-corrected chi connectivity index (χ4v) is 3.87. The molecule has 2 aromatic carbocycles. The van der Waals surface area contributed by atoms with E-state index in [-0.39, 0.29) is 5.91 Å². The molecule has 1 aliphatic rings. The van der Waals surface area contributed by atoms with Gasteiger partial charge in [-0.15, -0.1) is 10.2 Å². The van der Waals surface area contributed by atoms with Gasteiger partial charge in [-0.1, -0.05) is 35.9 Å². The van der Waals surface area contributed by atoms with Gasteiger partial charge in [0.1, 0.15) is 5.75 Å². The molecule has 4 rings (SSSR count). The maximum atomic E-state index is 12.9. The van der Waals surface area contributed by atoms with E-state index in [0.717, 1.165) is 30.2 Å². The predicted octanol–water partition coefficient (Wildman–Crippen LogP) is 3.73. The average Bonchev–Trinajstić information content (AvgIpc) is 2.79. The highest BCUT2D eigenvalue weighted by Crippen LogP contribution is 2.24. The molecule has 2 heterocycles. The Morgan fingerprint density at radius 3 is 2.37 bits per heavy atom. The number of ether oxygens (including phenoxy) is 1. The van der Waals surface area contributed by atoms with Gasteiger partial charge < -0.3 is 14.5 Å². The highest BCUT2D eigenvalue weighted by molar-refractivity contribution is 5.97. The van der Waals surface area contributed by atoms with Crippen LogP contribution >= 0.6 is 0 Å². The SMILES string of the molecule is COc1ccccc1C(=O)N1CCN(c2ccc(-c3ccc(C)cc3C)nn2)CC1. The number of methoxy groups -OCH3 is 1. The molecular weight excluding hydrogens is 376 g/mol. The molecule has 0 radical (unpaired) electrons. The van der Waals surface area contributed by atoms with Crippen LogP contribution in [0.2, 0.25) is 0 Å². The van der Waals surface area contributed by atoms with Crippen molar-refractivity contribution < 1.29 is 9.53 Å². The minimum atomic E-state index is 0.00313. The molecule has 0 saturated carbocycles. The van der Waals surface area contributed by atoms with Crippen LogP contribution in [0, 0.1) is 13.8 Å². The number of aromatic nitrogens is 2. The third-order valence-corrected chi connectivity index (χ3v) is 5.54. The molecule has 0 N–H and O–H groups in total. The molecular formula is C24H26N4O2. The molecule has 0 unspecified atom stereocenters. The summed E-state index contributed by atoms with van der Waals surface area (Å²) in [7, 11) is 1.59. The first-order valence-electron chi connectivity index (χ1n) is 10.2. The monoisotopic (exact) mass is 402 g/mol. The van der Waals surface area contributed by atoms with E-state index < -0.39 is 0 Å². The molecule has 1 fully saturated rings. The normalized spacial score (nSPS) is 14.0. The fourth-order valence-electron chi connectivity index (χ4n) is 3.87. The van der Waals surface area contributed by atoms with Gasteiger partial charge in [0.25, 0.3) is 5.91 Å². The maximum Gasteiger partial charge on any atom is 0.257 e. The quantitative estimate of drug-likeness (QED) is 0.666. The van der Waals surface area contributed by atoms with Gasteiger partial charge >= 0.3 is 0 Å².